The third-order valence-electron chi connectivity index (χ3n) is 3.24. The van der Waals surface area contributed by atoms with Crippen LogP contribution in [-0.4, -0.2) is 11.1 Å². The van der Waals surface area contributed by atoms with Gasteiger partial charge in [-0.15, -0.1) is 0 Å². The topological polar surface area (TPSA) is 46.5 Å². The molecule has 1 atom stereocenters. The molecule has 1 N–H and O–H groups in total. The Morgan fingerprint density at radius 3 is 2.30 bits per heavy atom. The Labute approximate surface area is 118 Å². The molecule has 2 rings (SSSR count). The zero-order valence-corrected chi connectivity index (χ0v) is 11.5. The Bertz CT molecular complexity index is 546. The van der Waals surface area contributed by atoms with E-state index in [2.05, 4.69) is 0 Å². The first-order valence-electron chi connectivity index (χ1n) is 6.70. The fourth-order valence-corrected chi connectivity index (χ4v) is 2.09. The minimum absolute atomic E-state index is 0.446. The largest absolute Gasteiger partial charge is 0.489 e. The van der Waals surface area contributed by atoms with Crippen molar-refractivity contribution < 1.29 is 14.6 Å². The molecule has 0 amide bonds. The molecule has 3 heteroatoms. The van der Waals surface area contributed by atoms with Crippen LogP contribution in [0.1, 0.15) is 30.4 Å². The van der Waals surface area contributed by atoms with E-state index < -0.39 is 11.9 Å². The predicted octanol–water partition coefficient (Wildman–Crippen LogP) is 3.84. The Kier molecular flexibility index (Phi) is 4.77. The van der Waals surface area contributed by atoms with Crippen molar-refractivity contribution >= 4 is 5.97 Å². The van der Waals surface area contributed by atoms with Gasteiger partial charge in [0.15, 0.2) is 0 Å². The minimum Gasteiger partial charge on any atom is -0.489 e. The van der Waals surface area contributed by atoms with E-state index in [1.807, 2.05) is 61.5 Å². The summed E-state index contributed by atoms with van der Waals surface area (Å²) in [5.74, 6) is -0.485. The van der Waals surface area contributed by atoms with Crippen molar-refractivity contribution in [1.29, 1.82) is 0 Å². The molecular weight excluding hydrogens is 252 g/mol. The van der Waals surface area contributed by atoms with Gasteiger partial charge in [-0.2, -0.15) is 0 Å². The maximum absolute atomic E-state index is 11.1. The fraction of sp³-hybridized carbons (Fsp3) is 0.235. The van der Waals surface area contributed by atoms with Gasteiger partial charge >= 0.3 is 5.97 Å². The van der Waals surface area contributed by atoms with Crippen molar-refractivity contribution in [3.63, 3.8) is 0 Å². The lowest BCUT2D eigenvalue weighted by Gasteiger charge is -2.11. The summed E-state index contributed by atoms with van der Waals surface area (Å²) in [6.45, 7) is 2.38. The van der Waals surface area contributed by atoms with E-state index in [0.29, 0.717) is 13.0 Å². The van der Waals surface area contributed by atoms with Crippen molar-refractivity contribution in [3.8, 4) is 5.75 Å². The van der Waals surface area contributed by atoms with Crippen LogP contribution in [0.5, 0.6) is 5.75 Å². The number of carboxylic acids is 1. The molecule has 0 saturated heterocycles. The van der Waals surface area contributed by atoms with E-state index in [0.717, 1.165) is 16.9 Å². The van der Waals surface area contributed by atoms with Gasteiger partial charge in [-0.05, 0) is 29.7 Å². The maximum Gasteiger partial charge on any atom is 0.310 e. The van der Waals surface area contributed by atoms with Crippen LogP contribution in [0.25, 0.3) is 0 Å². The second-order valence-corrected chi connectivity index (χ2v) is 4.64. The highest BCUT2D eigenvalue weighted by Gasteiger charge is 2.17. The van der Waals surface area contributed by atoms with Crippen LogP contribution in [0.15, 0.2) is 54.6 Å². The number of aliphatic carboxylic acids is 1. The Hall–Kier alpha value is -2.29. The maximum atomic E-state index is 11.1. The van der Waals surface area contributed by atoms with E-state index >= 15 is 0 Å². The lowest BCUT2D eigenvalue weighted by Crippen LogP contribution is -2.10. The monoisotopic (exact) mass is 270 g/mol. The second kappa shape index (κ2) is 6.75. The SMILES string of the molecule is CC[C@@H](C(=O)O)c1ccc(OCc2ccccc2)cc1. The first-order chi connectivity index (χ1) is 9.70. The van der Waals surface area contributed by atoms with Gasteiger partial charge in [0.2, 0.25) is 0 Å². The molecule has 20 heavy (non-hydrogen) atoms. The highest BCUT2D eigenvalue weighted by molar-refractivity contribution is 5.76. The lowest BCUT2D eigenvalue weighted by atomic mass is 9.97. The molecule has 2 aromatic carbocycles. The predicted molar refractivity (Wildman–Crippen MR) is 77.9 cm³/mol. The zero-order chi connectivity index (χ0) is 14.4. The van der Waals surface area contributed by atoms with Gasteiger partial charge < -0.3 is 9.84 Å². The van der Waals surface area contributed by atoms with Crippen LogP contribution in [0, 0.1) is 0 Å². The van der Waals surface area contributed by atoms with Gasteiger partial charge in [0.05, 0.1) is 5.92 Å². The number of carbonyl (C=O) groups is 1. The molecule has 0 aromatic heterocycles. The number of rotatable bonds is 6. The van der Waals surface area contributed by atoms with Crippen LogP contribution >= 0.6 is 0 Å². The Morgan fingerprint density at radius 1 is 1.10 bits per heavy atom. The van der Waals surface area contributed by atoms with Crippen LogP contribution in [-0.2, 0) is 11.4 Å². The minimum atomic E-state index is -0.787. The number of ether oxygens (including phenoxy) is 1. The standard InChI is InChI=1S/C17H18O3/c1-2-16(17(18)19)14-8-10-15(11-9-14)20-12-13-6-4-3-5-7-13/h3-11,16H,2,12H2,1H3,(H,18,19)/t16-/m1/s1. The summed E-state index contributed by atoms with van der Waals surface area (Å²) in [5.41, 5.74) is 1.92. The molecule has 3 nitrogen and oxygen atoms in total. The van der Waals surface area contributed by atoms with E-state index in [1.165, 1.54) is 0 Å². The van der Waals surface area contributed by atoms with E-state index in [4.69, 9.17) is 9.84 Å². The average Bonchev–Trinajstić information content (AvgIpc) is 2.48. The van der Waals surface area contributed by atoms with Crippen LogP contribution in [0.4, 0.5) is 0 Å². The van der Waals surface area contributed by atoms with Crippen LogP contribution in [0.3, 0.4) is 0 Å². The number of hydrogen-bond donors (Lipinski definition) is 1. The van der Waals surface area contributed by atoms with Crippen molar-refractivity contribution in [2.24, 2.45) is 0 Å². The molecule has 0 fully saturated rings. The molecule has 0 heterocycles. The van der Waals surface area contributed by atoms with Crippen molar-refractivity contribution in [2.75, 3.05) is 0 Å². The molecule has 0 saturated carbocycles. The zero-order valence-electron chi connectivity index (χ0n) is 11.5. The smallest absolute Gasteiger partial charge is 0.310 e. The number of benzene rings is 2. The molecule has 2 aromatic rings. The van der Waals surface area contributed by atoms with Gasteiger partial charge in [0.25, 0.3) is 0 Å². The van der Waals surface area contributed by atoms with E-state index in [-0.39, 0.29) is 0 Å². The van der Waals surface area contributed by atoms with Crippen molar-refractivity contribution in [3.05, 3.63) is 65.7 Å². The molecule has 0 aliphatic heterocycles. The number of hydrogen-bond acceptors (Lipinski definition) is 2. The lowest BCUT2D eigenvalue weighted by molar-refractivity contribution is -0.138. The fourth-order valence-electron chi connectivity index (χ4n) is 2.09. The van der Waals surface area contributed by atoms with Gasteiger partial charge in [0.1, 0.15) is 12.4 Å². The third-order valence-corrected chi connectivity index (χ3v) is 3.24. The number of carboxylic acid groups (broad SMARTS) is 1. The summed E-state index contributed by atoms with van der Waals surface area (Å²) in [6.07, 6.45) is 0.583. The summed E-state index contributed by atoms with van der Waals surface area (Å²) in [6, 6.07) is 17.2. The molecule has 0 aliphatic carbocycles. The summed E-state index contributed by atoms with van der Waals surface area (Å²) in [4.78, 5) is 11.1. The molecular formula is C17H18O3. The van der Waals surface area contributed by atoms with E-state index in [9.17, 15) is 4.79 Å². The molecule has 0 bridgehead atoms. The molecule has 104 valence electrons. The van der Waals surface area contributed by atoms with Gasteiger partial charge in [-0.25, -0.2) is 0 Å². The highest BCUT2D eigenvalue weighted by Crippen LogP contribution is 2.23. The van der Waals surface area contributed by atoms with E-state index in [1.54, 1.807) is 0 Å². The first kappa shape index (κ1) is 14.1. The second-order valence-electron chi connectivity index (χ2n) is 4.64. The highest BCUT2D eigenvalue weighted by atomic mass is 16.5. The summed E-state index contributed by atoms with van der Waals surface area (Å²) in [7, 11) is 0. The average molecular weight is 270 g/mol. The van der Waals surface area contributed by atoms with Gasteiger partial charge in [-0.1, -0.05) is 49.4 Å². The van der Waals surface area contributed by atoms with Crippen molar-refractivity contribution in [1.82, 2.24) is 0 Å². The van der Waals surface area contributed by atoms with Crippen molar-refractivity contribution in [2.45, 2.75) is 25.9 Å². The van der Waals surface area contributed by atoms with Crippen LogP contribution < -0.4 is 4.74 Å². The normalized spacial score (nSPS) is 11.8. The Balaban J connectivity index is 2.00. The summed E-state index contributed by atoms with van der Waals surface area (Å²) >= 11 is 0. The molecule has 0 spiro atoms. The first-order valence-corrected chi connectivity index (χ1v) is 6.70. The summed E-state index contributed by atoms with van der Waals surface area (Å²) < 4.78 is 5.67. The molecule has 0 radical (unpaired) electrons. The van der Waals surface area contributed by atoms with Crippen LogP contribution in [0.2, 0.25) is 0 Å². The summed E-state index contributed by atoms with van der Waals surface area (Å²) in [5, 5.41) is 9.12. The molecule has 0 aliphatic rings. The Morgan fingerprint density at radius 2 is 1.75 bits per heavy atom. The molecule has 0 unspecified atom stereocenters. The third kappa shape index (κ3) is 3.60. The quantitative estimate of drug-likeness (QED) is 0.867. The van der Waals surface area contributed by atoms with Gasteiger partial charge in [-0.3, -0.25) is 4.79 Å². The van der Waals surface area contributed by atoms with Gasteiger partial charge in [0, 0.05) is 0 Å².